The van der Waals surface area contributed by atoms with Crippen molar-refractivity contribution in [2.45, 2.75) is 32.5 Å². The summed E-state index contributed by atoms with van der Waals surface area (Å²) in [6.45, 7) is 3.44. The van der Waals surface area contributed by atoms with Gasteiger partial charge in [-0.2, -0.15) is 24.9 Å². The van der Waals surface area contributed by atoms with Crippen LogP contribution >= 0.6 is 11.8 Å². The molecule has 0 saturated carbocycles. The van der Waals surface area contributed by atoms with Crippen LogP contribution in [0.25, 0.3) is 0 Å². The van der Waals surface area contributed by atoms with E-state index in [0.717, 1.165) is 23.0 Å². The number of rotatable bonds is 5. The molecule has 0 aromatic heterocycles. The number of hydrogen-bond donors (Lipinski definition) is 1. The van der Waals surface area contributed by atoms with E-state index in [-0.39, 0.29) is 24.9 Å². The molecule has 0 bridgehead atoms. The SMILES string of the molecule is CC(C)CN(CC(F)(F)F)C(=O)CC1CSCCN1. The molecule has 1 heterocycles. The Morgan fingerprint density at radius 2 is 2.16 bits per heavy atom. The number of amides is 1. The summed E-state index contributed by atoms with van der Waals surface area (Å²) in [7, 11) is 0. The Bertz CT molecular complexity index is 291. The van der Waals surface area contributed by atoms with Gasteiger partial charge in [-0.3, -0.25) is 4.79 Å². The van der Waals surface area contributed by atoms with Gasteiger partial charge in [0.2, 0.25) is 5.91 Å². The summed E-state index contributed by atoms with van der Waals surface area (Å²) in [5.41, 5.74) is 0. The summed E-state index contributed by atoms with van der Waals surface area (Å²) in [6, 6.07) is -0.00542. The number of alkyl halides is 3. The lowest BCUT2D eigenvalue weighted by molar-refractivity contribution is -0.162. The van der Waals surface area contributed by atoms with Crippen LogP contribution in [0.3, 0.4) is 0 Å². The Morgan fingerprint density at radius 1 is 1.47 bits per heavy atom. The molecule has 3 nitrogen and oxygen atoms in total. The van der Waals surface area contributed by atoms with E-state index in [9.17, 15) is 18.0 Å². The summed E-state index contributed by atoms with van der Waals surface area (Å²) >= 11 is 1.73. The van der Waals surface area contributed by atoms with Crippen LogP contribution in [0.5, 0.6) is 0 Å². The molecule has 7 heteroatoms. The first-order valence-electron chi connectivity index (χ1n) is 6.43. The van der Waals surface area contributed by atoms with E-state index in [0.29, 0.717) is 0 Å². The van der Waals surface area contributed by atoms with Gasteiger partial charge in [0.1, 0.15) is 6.54 Å². The second kappa shape index (κ2) is 7.38. The zero-order chi connectivity index (χ0) is 14.5. The van der Waals surface area contributed by atoms with Crippen LogP contribution in [0.2, 0.25) is 0 Å². The number of carbonyl (C=O) groups is 1. The van der Waals surface area contributed by atoms with Crippen LogP contribution in [0.4, 0.5) is 13.2 Å². The maximum Gasteiger partial charge on any atom is 0.406 e. The quantitative estimate of drug-likeness (QED) is 0.844. The molecule has 0 aromatic rings. The molecule has 19 heavy (non-hydrogen) atoms. The van der Waals surface area contributed by atoms with Crippen molar-refractivity contribution in [1.82, 2.24) is 10.2 Å². The van der Waals surface area contributed by atoms with Crippen molar-refractivity contribution in [3.8, 4) is 0 Å². The Balaban J connectivity index is 2.54. The highest BCUT2D eigenvalue weighted by Gasteiger charge is 2.33. The molecule has 1 N–H and O–H groups in total. The van der Waals surface area contributed by atoms with Gasteiger partial charge in [0, 0.05) is 37.1 Å². The van der Waals surface area contributed by atoms with E-state index in [4.69, 9.17) is 0 Å². The summed E-state index contributed by atoms with van der Waals surface area (Å²) in [4.78, 5) is 12.9. The van der Waals surface area contributed by atoms with E-state index < -0.39 is 18.6 Å². The first-order chi connectivity index (χ1) is 8.78. The molecule has 1 aliphatic heterocycles. The Morgan fingerprint density at radius 3 is 2.63 bits per heavy atom. The Hall–Kier alpha value is -0.430. The molecular formula is C12H21F3N2OS. The molecule has 0 spiro atoms. The highest BCUT2D eigenvalue weighted by atomic mass is 32.2. The van der Waals surface area contributed by atoms with Gasteiger partial charge in [-0.15, -0.1) is 0 Å². The minimum absolute atomic E-state index is 0.00542. The van der Waals surface area contributed by atoms with Crippen LogP contribution < -0.4 is 5.32 Å². The highest BCUT2D eigenvalue weighted by Crippen LogP contribution is 2.19. The van der Waals surface area contributed by atoms with Crippen LogP contribution in [0, 0.1) is 5.92 Å². The fraction of sp³-hybridized carbons (Fsp3) is 0.917. The third kappa shape index (κ3) is 7.06. The van der Waals surface area contributed by atoms with Gasteiger partial charge in [0.05, 0.1) is 0 Å². The average molecular weight is 298 g/mol. The predicted molar refractivity (Wildman–Crippen MR) is 71.2 cm³/mol. The second-order valence-electron chi connectivity index (χ2n) is 5.21. The molecule has 0 radical (unpaired) electrons. The third-order valence-electron chi connectivity index (χ3n) is 2.73. The number of nitrogens with zero attached hydrogens (tertiary/aromatic N) is 1. The van der Waals surface area contributed by atoms with Crippen LogP contribution in [-0.4, -0.2) is 54.2 Å². The van der Waals surface area contributed by atoms with Crippen LogP contribution in [-0.2, 0) is 4.79 Å². The van der Waals surface area contributed by atoms with Crippen molar-refractivity contribution in [2.75, 3.05) is 31.1 Å². The molecule has 1 rings (SSSR count). The number of hydrogen-bond acceptors (Lipinski definition) is 3. The van der Waals surface area contributed by atoms with Gasteiger partial charge in [-0.25, -0.2) is 0 Å². The minimum atomic E-state index is -4.33. The van der Waals surface area contributed by atoms with Crippen molar-refractivity contribution in [3.05, 3.63) is 0 Å². The van der Waals surface area contributed by atoms with E-state index in [1.165, 1.54) is 0 Å². The summed E-state index contributed by atoms with van der Waals surface area (Å²) in [5, 5.41) is 3.17. The molecule has 0 aliphatic carbocycles. The van der Waals surface area contributed by atoms with Gasteiger partial charge < -0.3 is 10.2 Å². The van der Waals surface area contributed by atoms with Crippen molar-refractivity contribution < 1.29 is 18.0 Å². The van der Waals surface area contributed by atoms with Gasteiger partial charge in [0.25, 0.3) is 0 Å². The first-order valence-corrected chi connectivity index (χ1v) is 7.59. The van der Waals surface area contributed by atoms with Crippen LogP contribution in [0.15, 0.2) is 0 Å². The molecule has 1 fully saturated rings. The molecule has 112 valence electrons. The van der Waals surface area contributed by atoms with E-state index in [1.807, 2.05) is 13.8 Å². The lowest BCUT2D eigenvalue weighted by Gasteiger charge is -2.29. The summed E-state index contributed by atoms with van der Waals surface area (Å²) in [6.07, 6.45) is -4.19. The fourth-order valence-electron chi connectivity index (χ4n) is 2.00. The predicted octanol–water partition coefficient (Wildman–Crippen LogP) is 2.13. The maximum atomic E-state index is 12.5. The summed E-state index contributed by atoms with van der Waals surface area (Å²) < 4.78 is 37.4. The van der Waals surface area contributed by atoms with Crippen molar-refractivity contribution in [3.63, 3.8) is 0 Å². The number of thioether (sulfide) groups is 1. The number of halogens is 3. The zero-order valence-electron chi connectivity index (χ0n) is 11.3. The number of carbonyl (C=O) groups excluding carboxylic acids is 1. The standard InChI is InChI=1S/C12H21F3N2OS/c1-9(2)6-17(8-12(13,14)15)11(18)5-10-7-19-4-3-16-10/h9-10,16H,3-8H2,1-2H3. The lowest BCUT2D eigenvalue weighted by atomic mass is 10.1. The van der Waals surface area contributed by atoms with Gasteiger partial charge >= 0.3 is 6.18 Å². The zero-order valence-corrected chi connectivity index (χ0v) is 12.1. The van der Waals surface area contributed by atoms with E-state index in [2.05, 4.69) is 5.32 Å². The van der Waals surface area contributed by atoms with Crippen molar-refractivity contribution in [1.29, 1.82) is 0 Å². The molecule has 1 saturated heterocycles. The average Bonchev–Trinajstić information content (AvgIpc) is 2.27. The normalized spacial score (nSPS) is 20.6. The minimum Gasteiger partial charge on any atom is -0.333 e. The van der Waals surface area contributed by atoms with Crippen LogP contribution in [0.1, 0.15) is 20.3 Å². The third-order valence-corrected chi connectivity index (χ3v) is 3.86. The number of nitrogens with one attached hydrogen (secondary N) is 1. The molecule has 1 aliphatic rings. The smallest absolute Gasteiger partial charge is 0.333 e. The monoisotopic (exact) mass is 298 g/mol. The largest absolute Gasteiger partial charge is 0.406 e. The second-order valence-corrected chi connectivity index (χ2v) is 6.36. The topological polar surface area (TPSA) is 32.3 Å². The Labute approximate surface area is 116 Å². The fourth-order valence-corrected chi connectivity index (χ4v) is 2.95. The molecule has 1 unspecified atom stereocenters. The first kappa shape index (κ1) is 16.6. The van der Waals surface area contributed by atoms with E-state index in [1.54, 1.807) is 11.8 Å². The van der Waals surface area contributed by atoms with Gasteiger partial charge in [-0.1, -0.05) is 13.8 Å². The van der Waals surface area contributed by atoms with E-state index >= 15 is 0 Å². The maximum absolute atomic E-state index is 12.5. The molecular weight excluding hydrogens is 277 g/mol. The van der Waals surface area contributed by atoms with Gasteiger partial charge in [-0.05, 0) is 5.92 Å². The summed E-state index contributed by atoms with van der Waals surface area (Å²) in [5.74, 6) is 1.39. The lowest BCUT2D eigenvalue weighted by Crippen LogP contribution is -2.46. The highest BCUT2D eigenvalue weighted by molar-refractivity contribution is 7.99. The molecule has 1 amide bonds. The van der Waals surface area contributed by atoms with Crippen molar-refractivity contribution >= 4 is 17.7 Å². The van der Waals surface area contributed by atoms with Gasteiger partial charge in [0.15, 0.2) is 0 Å². The molecule has 0 aromatic carbocycles. The Kier molecular flexibility index (Phi) is 6.46. The van der Waals surface area contributed by atoms with Crippen molar-refractivity contribution in [2.24, 2.45) is 5.92 Å². The molecule has 1 atom stereocenters.